The maximum Gasteiger partial charge on any atom is 0.306 e. The van der Waals surface area contributed by atoms with Crippen LogP contribution in [0.1, 0.15) is 66.2 Å². The fraction of sp³-hybridized carbons (Fsp3) is 0.947. The van der Waals surface area contributed by atoms with E-state index >= 15 is 0 Å². The van der Waals surface area contributed by atoms with Gasteiger partial charge < -0.3 is 14.6 Å². The summed E-state index contributed by atoms with van der Waals surface area (Å²) in [6.07, 6.45) is 5.12. The van der Waals surface area contributed by atoms with E-state index in [-0.39, 0.29) is 28.5 Å². The molecule has 3 aliphatic rings. The fourth-order valence-electron chi connectivity index (χ4n) is 5.50. The zero-order valence-corrected chi connectivity index (χ0v) is 15.1. The number of rotatable bonds is 3. The van der Waals surface area contributed by atoms with Crippen molar-refractivity contribution in [3.63, 3.8) is 0 Å². The molecule has 0 radical (unpaired) electrons. The maximum absolute atomic E-state index is 11.7. The molecule has 0 aromatic rings. The average Bonchev–Trinajstić information content (AvgIpc) is 3.07. The molecule has 1 aliphatic carbocycles. The van der Waals surface area contributed by atoms with Gasteiger partial charge in [0.15, 0.2) is 0 Å². The summed E-state index contributed by atoms with van der Waals surface area (Å²) in [5, 5.41) is 10.2. The third kappa shape index (κ3) is 2.62. The Kier molecular flexibility index (Phi) is 4.29. The van der Waals surface area contributed by atoms with Crippen LogP contribution in [0.15, 0.2) is 0 Å². The number of aliphatic hydroxyl groups excluding tert-OH is 1. The second kappa shape index (κ2) is 5.73. The van der Waals surface area contributed by atoms with Gasteiger partial charge in [-0.3, -0.25) is 4.79 Å². The Bertz CT molecular complexity index is 478. The van der Waals surface area contributed by atoms with Crippen molar-refractivity contribution in [1.29, 1.82) is 0 Å². The van der Waals surface area contributed by atoms with E-state index < -0.39 is 0 Å². The molecule has 3 rings (SSSR count). The number of hydrogen-bond donors (Lipinski definition) is 1. The first-order chi connectivity index (χ1) is 10.8. The van der Waals surface area contributed by atoms with Gasteiger partial charge in [0, 0.05) is 5.41 Å². The van der Waals surface area contributed by atoms with Crippen molar-refractivity contribution in [3.05, 3.63) is 0 Å². The van der Waals surface area contributed by atoms with E-state index in [1.54, 1.807) is 0 Å². The number of aliphatic hydroxyl groups is 1. The lowest BCUT2D eigenvalue weighted by Gasteiger charge is -2.54. The zero-order chi connectivity index (χ0) is 16.9. The maximum atomic E-state index is 11.7. The molecule has 0 bridgehead atoms. The summed E-state index contributed by atoms with van der Waals surface area (Å²) in [5.41, 5.74) is -0.275. The van der Waals surface area contributed by atoms with Gasteiger partial charge in [-0.1, -0.05) is 34.1 Å². The Morgan fingerprint density at radius 2 is 2.13 bits per heavy atom. The molecule has 1 spiro atoms. The molecule has 1 saturated carbocycles. The highest BCUT2D eigenvalue weighted by Crippen LogP contribution is 2.60. The van der Waals surface area contributed by atoms with E-state index in [4.69, 9.17) is 9.47 Å². The Balaban J connectivity index is 1.91. The lowest BCUT2D eigenvalue weighted by molar-refractivity contribution is -0.160. The summed E-state index contributed by atoms with van der Waals surface area (Å²) in [4.78, 5) is 11.7. The predicted molar refractivity (Wildman–Crippen MR) is 87.9 cm³/mol. The van der Waals surface area contributed by atoms with E-state index in [2.05, 4.69) is 27.7 Å². The second-order valence-electron chi connectivity index (χ2n) is 8.85. The highest BCUT2D eigenvalue weighted by atomic mass is 16.6. The minimum atomic E-state index is -0.204. The van der Waals surface area contributed by atoms with Crippen molar-refractivity contribution in [1.82, 2.24) is 0 Å². The highest BCUT2D eigenvalue weighted by Gasteiger charge is 2.63. The molecule has 132 valence electrons. The van der Waals surface area contributed by atoms with Crippen LogP contribution in [-0.2, 0) is 14.3 Å². The molecular formula is C19H32O4. The van der Waals surface area contributed by atoms with Crippen molar-refractivity contribution < 1.29 is 19.4 Å². The minimum Gasteiger partial charge on any atom is -0.465 e. The van der Waals surface area contributed by atoms with Gasteiger partial charge in [-0.25, -0.2) is 0 Å². The topological polar surface area (TPSA) is 55.8 Å². The van der Waals surface area contributed by atoms with E-state index in [1.807, 2.05) is 0 Å². The molecule has 0 aromatic carbocycles. The Morgan fingerprint density at radius 3 is 2.70 bits per heavy atom. The first-order valence-corrected chi connectivity index (χ1v) is 9.23. The smallest absolute Gasteiger partial charge is 0.306 e. The molecule has 0 aromatic heterocycles. The average molecular weight is 324 g/mol. The van der Waals surface area contributed by atoms with Crippen LogP contribution in [0.4, 0.5) is 0 Å². The SMILES string of the molecule is CCC(C)[C@@]1([C@]2(C)CC[C@@H](O)C(C)C2)CC2(COC(=O)C2)CO1. The Labute approximate surface area is 139 Å². The molecule has 2 saturated heterocycles. The first-order valence-electron chi connectivity index (χ1n) is 9.23. The van der Waals surface area contributed by atoms with Gasteiger partial charge in [-0.05, 0) is 42.9 Å². The van der Waals surface area contributed by atoms with Crippen LogP contribution in [0.3, 0.4) is 0 Å². The molecule has 4 heteroatoms. The quantitative estimate of drug-likeness (QED) is 0.809. The number of hydrogen-bond acceptors (Lipinski definition) is 4. The lowest BCUT2D eigenvalue weighted by Crippen LogP contribution is -2.54. The van der Waals surface area contributed by atoms with Crippen LogP contribution >= 0.6 is 0 Å². The third-order valence-corrected chi connectivity index (χ3v) is 7.18. The Hall–Kier alpha value is -0.610. The van der Waals surface area contributed by atoms with E-state index in [1.165, 1.54) is 0 Å². The minimum absolute atomic E-state index is 0.0518. The van der Waals surface area contributed by atoms with Gasteiger partial charge in [-0.2, -0.15) is 0 Å². The standard InChI is InChI=1S/C19H32O4/c1-5-14(3)19(17(4)7-6-15(20)13(2)8-17)10-18(12-23-19)9-16(21)22-11-18/h13-15,20H,5-12H2,1-4H3/t13?,14?,15-,17-,18?,19-/m1/s1. The summed E-state index contributed by atoms with van der Waals surface area (Å²) in [6.45, 7) is 10.2. The van der Waals surface area contributed by atoms with Crippen molar-refractivity contribution in [3.8, 4) is 0 Å². The van der Waals surface area contributed by atoms with Gasteiger partial charge in [0.1, 0.15) is 0 Å². The number of cyclic esters (lactones) is 1. The van der Waals surface area contributed by atoms with Crippen LogP contribution in [0.25, 0.3) is 0 Å². The van der Waals surface area contributed by atoms with Gasteiger partial charge in [-0.15, -0.1) is 0 Å². The lowest BCUT2D eigenvalue weighted by atomic mass is 9.55. The number of esters is 1. The second-order valence-corrected chi connectivity index (χ2v) is 8.85. The summed E-state index contributed by atoms with van der Waals surface area (Å²) in [6, 6.07) is 0. The van der Waals surface area contributed by atoms with Crippen LogP contribution in [0.5, 0.6) is 0 Å². The molecule has 3 unspecified atom stereocenters. The van der Waals surface area contributed by atoms with Gasteiger partial charge in [0.05, 0.1) is 31.3 Å². The molecule has 4 nitrogen and oxygen atoms in total. The van der Waals surface area contributed by atoms with E-state index in [9.17, 15) is 9.90 Å². The van der Waals surface area contributed by atoms with Gasteiger partial charge in [0.25, 0.3) is 0 Å². The molecule has 6 atom stereocenters. The molecule has 23 heavy (non-hydrogen) atoms. The van der Waals surface area contributed by atoms with Crippen LogP contribution in [0.2, 0.25) is 0 Å². The van der Waals surface area contributed by atoms with Crippen LogP contribution < -0.4 is 0 Å². The summed E-state index contributed by atoms with van der Waals surface area (Å²) in [7, 11) is 0. The number of carbonyl (C=O) groups is 1. The Morgan fingerprint density at radius 1 is 1.39 bits per heavy atom. The summed E-state index contributed by atoms with van der Waals surface area (Å²) in [5.74, 6) is 0.660. The third-order valence-electron chi connectivity index (χ3n) is 7.18. The van der Waals surface area contributed by atoms with Gasteiger partial charge in [0.2, 0.25) is 0 Å². The number of ether oxygens (including phenoxy) is 2. The molecule has 3 fully saturated rings. The van der Waals surface area contributed by atoms with Crippen molar-refractivity contribution >= 4 is 5.97 Å². The monoisotopic (exact) mass is 324 g/mol. The van der Waals surface area contributed by atoms with Crippen molar-refractivity contribution in [2.24, 2.45) is 22.7 Å². The van der Waals surface area contributed by atoms with Crippen molar-refractivity contribution in [2.75, 3.05) is 13.2 Å². The zero-order valence-electron chi connectivity index (χ0n) is 15.1. The normalized spacial score (nSPS) is 48.7. The molecule has 1 N–H and O–H groups in total. The first kappa shape index (κ1) is 17.2. The van der Waals surface area contributed by atoms with Crippen LogP contribution in [-0.4, -0.2) is 36.0 Å². The van der Waals surface area contributed by atoms with Crippen LogP contribution in [0, 0.1) is 22.7 Å². The largest absolute Gasteiger partial charge is 0.465 e. The van der Waals surface area contributed by atoms with E-state index in [0.717, 1.165) is 32.1 Å². The highest BCUT2D eigenvalue weighted by molar-refractivity contribution is 5.72. The fourth-order valence-corrected chi connectivity index (χ4v) is 5.50. The van der Waals surface area contributed by atoms with E-state index in [0.29, 0.717) is 31.5 Å². The van der Waals surface area contributed by atoms with Gasteiger partial charge >= 0.3 is 5.97 Å². The molecule has 0 amide bonds. The number of carbonyl (C=O) groups excluding carboxylic acids is 1. The summed E-state index contributed by atoms with van der Waals surface area (Å²) < 4.78 is 11.9. The summed E-state index contributed by atoms with van der Waals surface area (Å²) >= 11 is 0. The predicted octanol–water partition coefficient (Wildman–Crippen LogP) is 3.31. The molecular weight excluding hydrogens is 292 g/mol. The molecule has 2 heterocycles. The molecule has 2 aliphatic heterocycles. The van der Waals surface area contributed by atoms with Crippen molar-refractivity contribution in [2.45, 2.75) is 77.9 Å².